The summed E-state index contributed by atoms with van der Waals surface area (Å²) in [5.74, 6) is 0.186. The molecule has 0 aromatic heterocycles. The number of phenols is 1. The number of allylic oxidation sites excluding steroid dienone is 1. The van der Waals surface area contributed by atoms with E-state index in [-0.39, 0.29) is 12.0 Å². The highest BCUT2D eigenvalue weighted by Crippen LogP contribution is 2.41. The number of hydrogen-bond donors (Lipinski definition) is 1. The second-order valence-corrected chi connectivity index (χ2v) is 6.23. The lowest BCUT2D eigenvalue weighted by molar-refractivity contribution is 0.0141. The zero-order valence-electron chi connectivity index (χ0n) is 12.4. The molecule has 1 atom stereocenters. The SMILES string of the molecule is Cc1cc2c(c(O)c1Cl)/C=C/CCCN2C1CCCCO1. The van der Waals surface area contributed by atoms with E-state index >= 15 is 0 Å². The third-order valence-corrected chi connectivity index (χ3v) is 4.78. The molecule has 1 N–H and O–H groups in total. The number of phenolic OH excluding ortho intramolecular Hbond substituents is 1. The van der Waals surface area contributed by atoms with Crippen molar-refractivity contribution < 1.29 is 9.84 Å². The number of rotatable bonds is 1. The number of benzene rings is 1. The van der Waals surface area contributed by atoms with E-state index in [9.17, 15) is 5.11 Å². The number of fused-ring (bicyclic) bond motifs is 1. The number of halogens is 1. The molecule has 1 aromatic carbocycles. The molecule has 2 aliphatic rings. The zero-order valence-corrected chi connectivity index (χ0v) is 13.2. The third-order valence-electron chi connectivity index (χ3n) is 4.31. The predicted molar refractivity (Wildman–Crippen MR) is 87.1 cm³/mol. The van der Waals surface area contributed by atoms with Gasteiger partial charge in [-0.05, 0) is 50.7 Å². The van der Waals surface area contributed by atoms with Gasteiger partial charge in [0.25, 0.3) is 0 Å². The summed E-state index contributed by atoms with van der Waals surface area (Å²) in [7, 11) is 0. The molecule has 1 aromatic rings. The Kier molecular flexibility index (Phi) is 4.41. The Hall–Kier alpha value is -1.19. The van der Waals surface area contributed by atoms with Crippen molar-refractivity contribution in [2.45, 2.75) is 45.3 Å². The topological polar surface area (TPSA) is 32.7 Å². The molecule has 0 radical (unpaired) electrons. The monoisotopic (exact) mass is 307 g/mol. The maximum absolute atomic E-state index is 10.4. The molecule has 2 heterocycles. The van der Waals surface area contributed by atoms with Crippen LogP contribution in [0.15, 0.2) is 12.1 Å². The summed E-state index contributed by atoms with van der Waals surface area (Å²) >= 11 is 6.21. The van der Waals surface area contributed by atoms with Crippen LogP contribution < -0.4 is 4.90 Å². The average Bonchev–Trinajstić information content (AvgIpc) is 2.48. The van der Waals surface area contributed by atoms with Crippen molar-refractivity contribution in [2.24, 2.45) is 0 Å². The Balaban J connectivity index is 2.06. The first-order valence-corrected chi connectivity index (χ1v) is 8.13. The van der Waals surface area contributed by atoms with Crippen LogP contribution in [-0.4, -0.2) is 24.5 Å². The fraction of sp³-hybridized carbons (Fsp3) is 0.529. The lowest BCUT2D eigenvalue weighted by Crippen LogP contribution is -2.41. The first kappa shape index (κ1) is 14.7. The second-order valence-electron chi connectivity index (χ2n) is 5.85. The molecule has 4 heteroatoms. The molecular weight excluding hydrogens is 286 g/mol. The van der Waals surface area contributed by atoms with Gasteiger partial charge in [-0.15, -0.1) is 0 Å². The van der Waals surface area contributed by atoms with E-state index < -0.39 is 0 Å². The maximum Gasteiger partial charge on any atom is 0.143 e. The molecule has 0 amide bonds. The van der Waals surface area contributed by atoms with Crippen molar-refractivity contribution in [3.63, 3.8) is 0 Å². The average molecular weight is 308 g/mol. The van der Waals surface area contributed by atoms with Crippen LogP contribution in [-0.2, 0) is 4.74 Å². The van der Waals surface area contributed by atoms with Gasteiger partial charge in [-0.1, -0.05) is 23.8 Å². The maximum atomic E-state index is 10.4. The number of hydrogen-bond acceptors (Lipinski definition) is 3. The standard InChI is InChI=1S/C17H22ClNO2/c1-12-11-14-13(17(20)16(12)18)7-3-2-5-9-19(14)15-8-4-6-10-21-15/h3,7,11,15,20H,2,4-6,8-10H2,1H3/b7-3+. The Morgan fingerprint density at radius 3 is 2.95 bits per heavy atom. The predicted octanol–water partition coefficient (Wildman–Crippen LogP) is 4.49. The third kappa shape index (κ3) is 2.90. The van der Waals surface area contributed by atoms with Crippen LogP contribution in [0.3, 0.4) is 0 Å². The van der Waals surface area contributed by atoms with Crippen molar-refractivity contribution in [3.05, 3.63) is 28.3 Å². The van der Waals surface area contributed by atoms with Crippen molar-refractivity contribution in [1.82, 2.24) is 0 Å². The van der Waals surface area contributed by atoms with Gasteiger partial charge in [-0.2, -0.15) is 0 Å². The highest BCUT2D eigenvalue weighted by Gasteiger charge is 2.26. The van der Waals surface area contributed by atoms with E-state index in [4.69, 9.17) is 16.3 Å². The number of aromatic hydroxyl groups is 1. The van der Waals surface area contributed by atoms with Crippen LogP contribution in [0, 0.1) is 6.92 Å². The molecule has 2 aliphatic heterocycles. The molecule has 21 heavy (non-hydrogen) atoms. The summed E-state index contributed by atoms with van der Waals surface area (Å²) in [4.78, 5) is 2.31. The van der Waals surface area contributed by atoms with E-state index in [0.717, 1.165) is 55.6 Å². The van der Waals surface area contributed by atoms with Crippen LogP contribution >= 0.6 is 11.6 Å². The minimum Gasteiger partial charge on any atom is -0.506 e. The molecule has 0 bridgehead atoms. The first-order chi connectivity index (χ1) is 10.2. The fourth-order valence-electron chi connectivity index (χ4n) is 3.14. The molecule has 3 nitrogen and oxygen atoms in total. The summed E-state index contributed by atoms with van der Waals surface area (Å²) in [6.07, 6.45) is 9.71. The zero-order chi connectivity index (χ0) is 14.8. The van der Waals surface area contributed by atoms with E-state index in [1.807, 2.05) is 13.0 Å². The number of nitrogens with zero attached hydrogens (tertiary/aromatic N) is 1. The number of aryl methyl sites for hydroxylation is 1. The van der Waals surface area contributed by atoms with Gasteiger partial charge < -0.3 is 14.7 Å². The van der Waals surface area contributed by atoms with Gasteiger partial charge in [0, 0.05) is 18.7 Å². The van der Waals surface area contributed by atoms with Crippen LogP contribution in [0.1, 0.15) is 43.2 Å². The molecule has 0 spiro atoms. The minimum absolute atomic E-state index is 0.115. The number of anilines is 1. The molecule has 1 fully saturated rings. The largest absolute Gasteiger partial charge is 0.506 e. The van der Waals surface area contributed by atoms with Crippen LogP contribution in [0.25, 0.3) is 6.08 Å². The summed E-state index contributed by atoms with van der Waals surface area (Å²) in [6, 6.07) is 2.07. The van der Waals surface area contributed by atoms with Gasteiger partial charge in [0.1, 0.15) is 12.0 Å². The summed E-state index contributed by atoms with van der Waals surface area (Å²) in [5.41, 5.74) is 2.76. The molecule has 114 valence electrons. The van der Waals surface area contributed by atoms with Crippen LogP contribution in [0.2, 0.25) is 5.02 Å². The Labute approximate surface area is 131 Å². The molecular formula is C17H22ClNO2. The van der Waals surface area contributed by atoms with Crippen molar-refractivity contribution in [1.29, 1.82) is 0 Å². The molecule has 1 unspecified atom stereocenters. The van der Waals surface area contributed by atoms with Gasteiger partial charge in [-0.25, -0.2) is 0 Å². The van der Waals surface area contributed by atoms with Gasteiger partial charge in [0.2, 0.25) is 0 Å². The molecule has 0 saturated carbocycles. The van der Waals surface area contributed by atoms with Gasteiger partial charge >= 0.3 is 0 Å². The second kappa shape index (κ2) is 6.29. The van der Waals surface area contributed by atoms with E-state index in [1.165, 1.54) is 6.42 Å². The fourth-order valence-corrected chi connectivity index (χ4v) is 3.30. The molecule has 1 saturated heterocycles. The van der Waals surface area contributed by atoms with Gasteiger partial charge in [-0.3, -0.25) is 0 Å². The van der Waals surface area contributed by atoms with E-state index in [2.05, 4.69) is 17.0 Å². The quantitative estimate of drug-likeness (QED) is 0.829. The molecule has 3 rings (SSSR count). The van der Waals surface area contributed by atoms with Crippen molar-refractivity contribution in [3.8, 4) is 5.75 Å². The summed E-state index contributed by atoms with van der Waals surface area (Å²) < 4.78 is 5.97. The van der Waals surface area contributed by atoms with Crippen molar-refractivity contribution in [2.75, 3.05) is 18.1 Å². The smallest absolute Gasteiger partial charge is 0.143 e. The van der Waals surface area contributed by atoms with Gasteiger partial charge in [0.15, 0.2) is 0 Å². The minimum atomic E-state index is 0.115. The lowest BCUT2D eigenvalue weighted by atomic mass is 10.0. The van der Waals surface area contributed by atoms with E-state index in [1.54, 1.807) is 0 Å². The Morgan fingerprint density at radius 1 is 1.33 bits per heavy atom. The van der Waals surface area contributed by atoms with E-state index in [0.29, 0.717) is 5.02 Å². The summed E-state index contributed by atoms with van der Waals surface area (Å²) in [6.45, 7) is 3.71. The number of ether oxygens (including phenoxy) is 1. The normalized spacial score (nSPS) is 24.1. The summed E-state index contributed by atoms with van der Waals surface area (Å²) in [5, 5.41) is 10.9. The Bertz CT molecular complexity index is 550. The molecule has 0 aliphatic carbocycles. The first-order valence-electron chi connectivity index (χ1n) is 7.75. The lowest BCUT2D eigenvalue weighted by Gasteiger charge is -2.37. The van der Waals surface area contributed by atoms with Crippen LogP contribution in [0.4, 0.5) is 5.69 Å². The van der Waals surface area contributed by atoms with Crippen molar-refractivity contribution >= 4 is 23.4 Å². The highest BCUT2D eigenvalue weighted by molar-refractivity contribution is 6.33. The van der Waals surface area contributed by atoms with Crippen LogP contribution in [0.5, 0.6) is 5.75 Å². The highest BCUT2D eigenvalue weighted by atomic mass is 35.5. The Morgan fingerprint density at radius 2 is 2.19 bits per heavy atom. The van der Waals surface area contributed by atoms with Gasteiger partial charge in [0.05, 0.1) is 10.7 Å².